The average molecular weight is 352 g/mol. The molecule has 0 saturated heterocycles. The Morgan fingerprint density at radius 3 is 2.46 bits per heavy atom. The van der Waals surface area contributed by atoms with Gasteiger partial charge in [0.05, 0.1) is 12.4 Å². The summed E-state index contributed by atoms with van der Waals surface area (Å²) in [5.74, 6) is -0.518. The second kappa shape index (κ2) is 7.18. The SMILES string of the molecule is O=S(=O)(NC1CCC(Oc2ncc(F)cn2)CC1)c1cccnc1. The third-order valence-corrected chi connectivity index (χ3v) is 5.32. The topological polar surface area (TPSA) is 94.1 Å². The molecule has 1 N–H and O–H groups in total. The summed E-state index contributed by atoms with van der Waals surface area (Å²) in [7, 11) is -3.56. The molecule has 24 heavy (non-hydrogen) atoms. The van der Waals surface area contributed by atoms with Crippen molar-refractivity contribution in [1.29, 1.82) is 0 Å². The molecule has 2 heterocycles. The zero-order valence-corrected chi connectivity index (χ0v) is 13.6. The summed E-state index contributed by atoms with van der Waals surface area (Å²) in [4.78, 5) is 11.5. The van der Waals surface area contributed by atoms with Crippen molar-refractivity contribution in [2.24, 2.45) is 0 Å². The van der Waals surface area contributed by atoms with Crippen molar-refractivity contribution in [1.82, 2.24) is 19.7 Å². The van der Waals surface area contributed by atoms with E-state index >= 15 is 0 Å². The molecule has 7 nitrogen and oxygen atoms in total. The van der Waals surface area contributed by atoms with Gasteiger partial charge in [0.1, 0.15) is 11.0 Å². The van der Waals surface area contributed by atoms with Crippen molar-refractivity contribution in [2.75, 3.05) is 0 Å². The molecule has 1 aliphatic carbocycles. The molecule has 0 unspecified atom stereocenters. The van der Waals surface area contributed by atoms with Gasteiger partial charge in [-0.1, -0.05) is 0 Å². The van der Waals surface area contributed by atoms with Crippen molar-refractivity contribution in [3.8, 4) is 6.01 Å². The maximum atomic E-state index is 12.8. The molecule has 2 aromatic rings. The Bertz CT molecular complexity index is 763. The van der Waals surface area contributed by atoms with Crippen molar-refractivity contribution < 1.29 is 17.5 Å². The Kier molecular flexibility index (Phi) is 5.00. The largest absolute Gasteiger partial charge is 0.460 e. The first kappa shape index (κ1) is 16.7. The van der Waals surface area contributed by atoms with Crippen LogP contribution < -0.4 is 9.46 Å². The van der Waals surface area contributed by atoms with Crippen LogP contribution in [0.1, 0.15) is 25.7 Å². The van der Waals surface area contributed by atoms with E-state index in [4.69, 9.17) is 4.74 Å². The molecule has 1 fully saturated rings. The average Bonchev–Trinajstić information content (AvgIpc) is 2.59. The predicted molar refractivity (Wildman–Crippen MR) is 83.2 cm³/mol. The number of rotatable bonds is 5. The molecule has 0 atom stereocenters. The standard InChI is InChI=1S/C15H17FN4O3S/c16-11-8-18-15(19-9-11)23-13-5-3-12(4-6-13)20-24(21,22)14-2-1-7-17-10-14/h1-2,7-10,12-13,20H,3-6H2. The molecule has 128 valence electrons. The van der Waals surface area contributed by atoms with E-state index in [-0.39, 0.29) is 23.1 Å². The zero-order valence-electron chi connectivity index (χ0n) is 12.8. The van der Waals surface area contributed by atoms with Crippen LogP contribution in [0.15, 0.2) is 41.8 Å². The molecular weight excluding hydrogens is 335 g/mol. The fourth-order valence-electron chi connectivity index (χ4n) is 2.60. The number of nitrogens with zero attached hydrogens (tertiary/aromatic N) is 3. The van der Waals surface area contributed by atoms with Gasteiger partial charge in [-0.3, -0.25) is 4.98 Å². The summed E-state index contributed by atoms with van der Waals surface area (Å²) in [5.41, 5.74) is 0. The lowest BCUT2D eigenvalue weighted by atomic mass is 9.94. The van der Waals surface area contributed by atoms with Crippen LogP contribution in [0.3, 0.4) is 0 Å². The molecule has 0 aliphatic heterocycles. The van der Waals surface area contributed by atoms with E-state index in [0.29, 0.717) is 25.7 Å². The van der Waals surface area contributed by atoms with Gasteiger partial charge in [0, 0.05) is 18.4 Å². The highest BCUT2D eigenvalue weighted by Gasteiger charge is 2.27. The highest BCUT2D eigenvalue weighted by Crippen LogP contribution is 2.23. The van der Waals surface area contributed by atoms with E-state index in [1.807, 2.05) is 0 Å². The number of aromatic nitrogens is 3. The number of sulfonamides is 1. The van der Waals surface area contributed by atoms with Gasteiger partial charge in [-0.15, -0.1) is 0 Å². The first-order chi connectivity index (χ1) is 11.5. The van der Waals surface area contributed by atoms with Crippen LogP contribution in [-0.2, 0) is 10.0 Å². The van der Waals surface area contributed by atoms with Gasteiger partial charge in [-0.25, -0.2) is 27.5 Å². The van der Waals surface area contributed by atoms with E-state index in [0.717, 1.165) is 12.4 Å². The Balaban J connectivity index is 1.53. The maximum Gasteiger partial charge on any atom is 0.316 e. The molecular formula is C15H17FN4O3S. The Hall–Kier alpha value is -2.13. The molecule has 9 heteroatoms. The Labute approximate surface area is 139 Å². The van der Waals surface area contributed by atoms with E-state index < -0.39 is 15.8 Å². The molecule has 0 aromatic carbocycles. The van der Waals surface area contributed by atoms with E-state index in [2.05, 4.69) is 19.7 Å². The molecule has 0 spiro atoms. The lowest BCUT2D eigenvalue weighted by Crippen LogP contribution is -2.39. The van der Waals surface area contributed by atoms with E-state index in [9.17, 15) is 12.8 Å². The fraction of sp³-hybridized carbons (Fsp3) is 0.400. The molecule has 0 amide bonds. The molecule has 0 bridgehead atoms. The second-order valence-corrected chi connectivity index (χ2v) is 7.30. The number of hydrogen-bond acceptors (Lipinski definition) is 6. The smallest absolute Gasteiger partial charge is 0.316 e. The summed E-state index contributed by atoms with van der Waals surface area (Å²) < 4.78 is 45.6. The minimum absolute atomic E-state index is 0.102. The van der Waals surface area contributed by atoms with Crippen LogP contribution in [0, 0.1) is 5.82 Å². The van der Waals surface area contributed by atoms with Crippen molar-refractivity contribution in [2.45, 2.75) is 42.7 Å². The van der Waals surface area contributed by atoms with E-state index in [1.165, 1.54) is 18.5 Å². The normalized spacial score (nSPS) is 21.4. The van der Waals surface area contributed by atoms with Gasteiger partial charge in [0.15, 0.2) is 5.82 Å². The second-order valence-electron chi connectivity index (χ2n) is 5.59. The summed E-state index contributed by atoms with van der Waals surface area (Å²) in [6.45, 7) is 0. The van der Waals surface area contributed by atoms with Gasteiger partial charge in [-0.05, 0) is 37.8 Å². The fourth-order valence-corrected chi connectivity index (χ4v) is 3.87. The van der Waals surface area contributed by atoms with Crippen LogP contribution in [0.2, 0.25) is 0 Å². The van der Waals surface area contributed by atoms with Crippen LogP contribution in [0.5, 0.6) is 6.01 Å². The third kappa shape index (κ3) is 4.24. The molecule has 1 aliphatic rings. The van der Waals surface area contributed by atoms with Crippen molar-refractivity contribution in [3.63, 3.8) is 0 Å². The quantitative estimate of drug-likeness (QED) is 0.880. The number of ether oxygens (including phenoxy) is 1. The monoisotopic (exact) mass is 352 g/mol. The first-order valence-corrected chi connectivity index (χ1v) is 9.08. The predicted octanol–water partition coefficient (Wildman–Crippen LogP) is 1.68. The van der Waals surface area contributed by atoms with Crippen LogP contribution in [0.4, 0.5) is 4.39 Å². The van der Waals surface area contributed by atoms with Crippen molar-refractivity contribution in [3.05, 3.63) is 42.7 Å². The summed E-state index contributed by atoms with van der Waals surface area (Å²) in [5, 5.41) is 0. The summed E-state index contributed by atoms with van der Waals surface area (Å²) in [6.07, 6.45) is 7.47. The molecule has 3 rings (SSSR count). The molecule has 1 saturated carbocycles. The van der Waals surface area contributed by atoms with Crippen LogP contribution >= 0.6 is 0 Å². The molecule has 0 radical (unpaired) electrons. The van der Waals surface area contributed by atoms with Gasteiger partial charge in [0.25, 0.3) is 0 Å². The van der Waals surface area contributed by atoms with Crippen LogP contribution in [0.25, 0.3) is 0 Å². The van der Waals surface area contributed by atoms with E-state index in [1.54, 1.807) is 6.07 Å². The van der Waals surface area contributed by atoms with Gasteiger partial charge in [0.2, 0.25) is 10.0 Å². The van der Waals surface area contributed by atoms with Gasteiger partial charge in [-0.2, -0.15) is 0 Å². The van der Waals surface area contributed by atoms with Gasteiger partial charge >= 0.3 is 6.01 Å². The van der Waals surface area contributed by atoms with Gasteiger partial charge < -0.3 is 4.74 Å². The lowest BCUT2D eigenvalue weighted by Gasteiger charge is -2.28. The maximum absolute atomic E-state index is 12.8. The zero-order chi connectivity index (χ0) is 17.0. The summed E-state index contributed by atoms with van der Waals surface area (Å²) >= 11 is 0. The minimum Gasteiger partial charge on any atom is -0.460 e. The first-order valence-electron chi connectivity index (χ1n) is 7.59. The number of hydrogen-bond donors (Lipinski definition) is 1. The number of halogens is 1. The summed E-state index contributed by atoms with van der Waals surface area (Å²) in [6, 6.07) is 3.08. The minimum atomic E-state index is -3.56. The Morgan fingerprint density at radius 2 is 1.83 bits per heavy atom. The highest BCUT2D eigenvalue weighted by atomic mass is 32.2. The number of pyridine rings is 1. The Morgan fingerprint density at radius 1 is 1.12 bits per heavy atom. The third-order valence-electron chi connectivity index (χ3n) is 3.81. The number of nitrogens with one attached hydrogen (secondary N) is 1. The lowest BCUT2D eigenvalue weighted by molar-refractivity contribution is 0.132. The highest BCUT2D eigenvalue weighted by molar-refractivity contribution is 7.89. The van der Waals surface area contributed by atoms with Crippen molar-refractivity contribution >= 4 is 10.0 Å². The molecule has 2 aromatic heterocycles. The van der Waals surface area contributed by atoms with Crippen LogP contribution in [-0.4, -0.2) is 35.5 Å².